The van der Waals surface area contributed by atoms with Gasteiger partial charge in [0, 0.05) is 17.8 Å². The molecule has 1 fully saturated rings. The van der Waals surface area contributed by atoms with E-state index in [1.54, 1.807) is 0 Å². The first-order valence-electron chi connectivity index (χ1n) is 8.70. The molecule has 0 amide bonds. The molecule has 4 rings (SSSR count). The Balaban J connectivity index is 1.60. The van der Waals surface area contributed by atoms with Crippen LogP contribution in [0, 0.1) is 5.92 Å². The van der Waals surface area contributed by atoms with Crippen molar-refractivity contribution in [3.05, 3.63) is 53.4 Å². The van der Waals surface area contributed by atoms with E-state index in [0.29, 0.717) is 18.0 Å². The molecule has 4 atom stereocenters. The fraction of sp³-hybridized carbons (Fsp3) is 0.368. The maximum Gasteiger partial charge on any atom is 0.145 e. The van der Waals surface area contributed by atoms with Crippen molar-refractivity contribution in [1.29, 1.82) is 0 Å². The van der Waals surface area contributed by atoms with Crippen molar-refractivity contribution in [2.24, 2.45) is 5.92 Å². The van der Waals surface area contributed by atoms with Crippen molar-refractivity contribution in [1.82, 2.24) is 14.5 Å². The molecule has 7 heteroatoms. The van der Waals surface area contributed by atoms with Gasteiger partial charge in [0.25, 0.3) is 0 Å². The third kappa shape index (κ3) is 3.05. The number of anilines is 1. The molecule has 1 aliphatic rings. The number of fused-ring (bicyclic) bond motifs is 1. The first-order valence-corrected chi connectivity index (χ1v) is 9.08. The normalized spacial score (nSPS) is 25.7. The Hall–Kier alpha value is -2.15. The second-order valence-electron chi connectivity index (χ2n) is 6.92. The van der Waals surface area contributed by atoms with Gasteiger partial charge in [-0.15, -0.1) is 0 Å². The number of nitrogens with one attached hydrogen (secondary N) is 1. The summed E-state index contributed by atoms with van der Waals surface area (Å²) in [5, 5.41) is 25.4. The lowest BCUT2D eigenvalue weighted by Gasteiger charge is -2.19. The Morgan fingerprint density at radius 2 is 1.92 bits per heavy atom. The van der Waals surface area contributed by atoms with Gasteiger partial charge in [-0.2, -0.15) is 0 Å². The van der Waals surface area contributed by atoms with Crippen LogP contribution >= 0.6 is 11.6 Å². The van der Waals surface area contributed by atoms with Gasteiger partial charge in [0.1, 0.15) is 23.9 Å². The average Bonchev–Trinajstić information content (AvgIpc) is 3.18. The zero-order valence-corrected chi connectivity index (χ0v) is 15.1. The largest absolute Gasteiger partial charge is 0.390 e. The zero-order valence-electron chi connectivity index (χ0n) is 14.4. The number of hydrogen-bond donors (Lipinski definition) is 3. The number of rotatable bonds is 4. The average molecular weight is 373 g/mol. The minimum absolute atomic E-state index is 0.0526. The minimum Gasteiger partial charge on any atom is -0.390 e. The lowest BCUT2D eigenvalue weighted by atomic mass is 10.1. The Labute approximate surface area is 156 Å². The van der Waals surface area contributed by atoms with Crippen LogP contribution in [0.3, 0.4) is 0 Å². The van der Waals surface area contributed by atoms with E-state index < -0.39 is 12.2 Å². The maximum atomic E-state index is 10.4. The molecule has 0 aliphatic heterocycles. The summed E-state index contributed by atoms with van der Waals surface area (Å²) in [6.07, 6.45) is 2.64. The summed E-state index contributed by atoms with van der Waals surface area (Å²) in [4.78, 5) is 8.75. The van der Waals surface area contributed by atoms with Gasteiger partial charge in [-0.25, -0.2) is 9.97 Å². The van der Waals surface area contributed by atoms with Crippen LogP contribution in [0.25, 0.3) is 11.0 Å². The monoisotopic (exact) mass is 372 g/mol. The maximum absolute atomic E-state index is 10.4. The van der Waals surface area contributed by atoms with Crippen LogP contribution in [0.4, 0.5) is 5.82 Å². The van der Waals surface area contributed by atoms with Crippen molar-refractivity contribution in [3.63, 3.8) is 0 Å². The number of hydrogen-bond acceptors (Lipinski definition) is 5. The van der Waals surface area contributed by atoms with Crippen molar-refractivity contribution in [2.75, 3.05) is 5.32 Å². The number of aliphatic hydroxyl groups excluding tert-OH is 2. The van der Waals surface area contributed by atoms with Gasteiger partial charge in [-0.05, 0) is 36.1 Å². The molecule has 2 heterocycles. The quantitative estimate of drug-likeness (QED) is 0.655. The molecule has 26 heavy (non-hydrogen) atoms. The van der Waals surface area contributed by atoms with Crippen LogP contribution in [-0.4, -0.2) is 37.0 Å². The van der Waals surface area contributed by atoms with Crippen LogP contribution in [0.15, 0.2) is 42.9 Å². The summed E-state index contributed by atoms with van der Waals surface area (Å²) in [5.74, 6) is 0.793. The number of aliphatic hydroxyl groups is 2. The standard InChI is InChI=1S/C19H21ClN4O2/c1-11-8-15(17(26)16(11)25)24-7-6-14-18(22-10-23-19(14)24)21-9-12-2-4-13(20)5-3-12/h2-7,10-11,15-17,25-26H,8-9H2,1H3,(H,21,22,23)/t11-,15+,16+,17-/m0/s1. The van der Waals surface area contributed by atoms with E-state index >= 15 is 0 Å². The molecule has 6 nitrogen and oxygen atoms in total. The van der Waals surface area contributed by atoms with E-state index in [9.17, 15) is 10.2 Å². The molecular formula is C19H21ClN4O2. The predicted octanol–water partition coefficient (Wildman–Crippen LogP) is 3.00. The minimum atomic E-state index is -0.791. The molecule has 0 bridgehead atoms. The summed E-state index contributed by atoms with van der Waals surface area (Å²) in [6, 6.07) is 9.42. The van der Waals surface area contributed by atoms with Gasteiger partial charge in [-0.3, -0.25) is 0 Å². The molecule has 3 aromatic rings. The van der Waals surface area contributed by atoms with Gasteiger partial charge >= 0.3 is 0 Å². The predicted molar refractivity (Wildman–Crippen MR) is 101 cm³/mol. The SMILES string of the molecule is C[C@H]1C[C@@H](n2ccc3c(NCc4ccc(Cl)cc4)ncnc32)[C@H](O)[C@@H]1O. The number of halogens is 1. The van der Waals surface area contributed by atoms with Crippen LogP contribution in [0.1, 0.15) is 24.9 Å². The second kappa shape index (κ2) is 6.87. The molecule has 1 aliphatic carbocycles. The Kier molecular flexibility index (Phi) is 4.56. The van der Waals surface area contributed by atoms with Gasteiger partial charge in [-0.1, -0.05) is 30.7 Å². The van der Waals surface area contributed by atoms with Crippen molar-refractivity contribution in [3.8, 4) is 0 Å². The zero-order chi connectivity index (χ0) is 18.3. The fourth-order valence-corrected chi connectivity index (χ4v) is 3.80. The van der Waals surface area contributed by atoms with Gasteiger partial charge in [0.05, 0.1) is 17.5 Å². The summed E-state index contributed by atoms with van der Waals surface area (Å²) < 4.78 is 1.95. The van der Waals surface area contributed by atoms with Crippen LogP contribution < -0.4 is 5.32 Å². The highest BCUT2D eigenvalue weighted by Crippen LogP contribution is 2.37. The lowest BCUT2D eigenvalue weighted by molar-refractivity contribution is 0.00971. The molecule has 0 unspecified atom stereocenters. The van der Waals surface area contributed by atoms with Crippen LogP contribution in [0.2, 0.25) is 5.02 Å². The second-order valence-corrected chi connectivity index (χ2v) is 7.36. The van der Waals surface area contributed by atoms with Gasteiger partial charge in [0.2, 0.25) is 0 Å². The smallest absolute Gasteiger partial charge is 0.145 e. The molecule has 0 saturated heterocycles. The summed E-state index contributed by atoms with van der Waals surface area (Å²) >= 11 is 5.92. The van der Waals surface area contributed by atoms with E-state index in [1.165, 1.54) is 6.33 Å². The van der Waals surface area contributed by atoms with E-state index in [4.69, 9.17) is 11.6 Å². The first kappa shape index (κ1) is 17.3. The van der Waals surface area contributed by atoms with E-state index in [2.05, 4.69) is 15.3 Å². The molecule has 2 aromatic heterocycles. The van der Waals surface area contributed by atoms with E-state index in [1.807, 2.05) is 48.0 Å². The summed E-state index contributed by atoms with van der Waals surface area (Å²) in [7, 11) is 0. The number of benzene rings is 1. The highest BCUT2D eigenvalue weighted by Gasteiger charge is 2.40. The van der Waals surface area contributed by atoms with Crippen molar-refractivity contribution < 1.29 is 10.2 Å². The summed E-state index contributed by atoms with van der Waals surface area (Å²) in [5.41, 5.74) is 1.85. The Bertz CT molecular complexity index is 912. The summed E-state index contributed by atoms with van der Waals surface area (Å²) in [6.45, 7) is 2.57. The van der Waals surface area contributed by atoms with E-state index in [0.717, 1.165) is 22.4 Å². The van der Waals surface area contributed by atoms with E-state index in [-0.39, 0.29) is 12.0 Å². The number of aromatic nitrogens is 3. The van der Waals surface area contributed by atoms with Crippen molar-refractivity contribution >= 4 is 28.5 Å². The topological polar surface area (TPSA) is 83.2 Å². The molecule has 0 radical (unpaired) electrons. The molecule has 3 N–H and O–H groups in total. The van der Waals surface area contributed by atoms with Gasteiger partial charge < -0.3 is 20.1 Å². The highest BCUT2D eigenvalue weighted by molar-refractivity contribution is 6.30. The molecule has 0 spiro atoms. The lowest BCUT2D eigenvalue weighted by Crippen LogP contribution is -2.28. The first-order chi connectivity index (χ1) is 12.5. The third-order valence-electron chi connectivity index (χ3n) is 5.18. The van der Waals surface area contributed by atoms with Gasteiger partial charge in [0.15, 0.2) is 0 Å². The Morgan fingerprint density at radius 1 is 1.15 bits per heavy atom. The fourth-order valence-electron chi connectivity index (χ4n) is 3.67. The third-order valence-corrected chi connectivity index (χ3v) is 5.43. The van der Waals surface area contributed by atoms with Crippen LogP contribution in [0.5, 0.6) is 0 Å². The molecule has 136 valence electrons. The molecule has 1 aromatic carbocycles. The Morgan fingerprint density at radius 3 is 2.62 bits per heavy atom. The van der Waals surface area contributed by atoms with Crippen LogP contribution in [-0.2, 0) is 6.54 Å². The molecule has 1 saturated carbocycles. The highest BCUT2D eigenvalue weighted by atomic mass is 35.5. The molecular weight excluding hydrogens is 352 g/mol. The number of nitrogens with zero attached hydrogens (tertiary/aromatic N) is 3. The van der Waals surface area contributed by atoms with Crippen molar-refractivity contribution in [2.45, 2.75) is 38.1 Å².